The zero-order valence-corrected chi connectivity index (χ0v) is 5.70. The van der Waals surface area contributed by atoms with Gasteiger partial charge in [0.05, 0.1) is 6.42 Å². The maximum absolute atomic E-state index is 11.5. The van der Waals surface area contributed by atoms with Crippen molar-refractivity contribution in [1.29, 1.82) is 0 Å². The molecule has 0 spiro atoms. The van der Waals surface area contributed by atoms with Crippen molar-refractivity contribution in [3.8, 4) is 0 Å². The molecule has 10 heavy (non-hydrogen) atoms. The summed E-state index contributed by atoms with van der Waals surface area (Å²) < 4.78 is 34.4. The average molecular weight is 150 g/mol. The Balaban J connectivity index is 3.84. The Kier molecular flexibility index (Phi) is 3.19. The topological polar surface area (TPSA) is 0 Å². The molecule has 0 aliphatic rings. The summed E-state index contributed by atoms with van der Waals surface area (Å²) in [5.74, 6) is 0. The van der Waals surface area contributed by atoms with Gasteiger partial charge in [-0.05, 0) is 6.92 Å². The van der Waals surface area contributed by atoms with Crippen molar-refractivity contribution in [2.75, 3.05) is 0 Å². The highest BCUT2D eigenvalue weighted by molar-refractivity contribution is 5.12. The summed E-state index contributed by atoms with van der Waals surface area (Å²) in [6.07, 6.45) is -2.46. The van der Waals surface area contributed by atoms with E-state index in [1.165, 1.54) is 6.08 Å². The molecule has 0 aliphatic carbocycles. The van der Waals surface area contributed by atoms with Crippen molar-refractivity contribution >= 4 is 0 Å². The molecule has 0 nitrogen and oxygen atoms in total. The van der Waals surface area contributed by atoms with Gasteiger partial charge in [-0.3, -0.25) is 0 Å². The first-order chi connectivity index (χ1) is 4.45. The van der Waals surface area contributed by atoms with Gasteiger partial charge in [0.1, 0.15) is 0 Å². The number of alkyl halides is 3. The molecule has 0 bridgehead atoms. The van der Waals surface area contributed by atoms with Crippen LogP contribution in [0.5, 0.6) is 0 Å². The van der Waals surface area contributed by atoms with Crippen LogP contribution in [0, 0.1) is 0 Å². The Labute approximate surface area is 58.0 Å². The minimum atomic E-state index is -4.09. The molecule has 0 radical (unpaired) electrons. The number of allylic oxidation sites excluding steroid dienone is 3. The predicted molar refractivity (Wildman–Crippen MR) is 34.6 cm³/mol. The molecule has 58 valence electrons. The molecule has 0 heterocycles. The monoisotopic (exact) mass is 150 g/mol. The SMILES string of the molecule is C=C/C(C)=C\CC(F)(F)F. The van der Waals surface area contributed by atoms with E-state index >= 15 is 0 Å². The molecule has 0 saturated heterocycles. The first kappa shape index (κ1) is 9.27. The van der Waals surface area contributed by atoms with Crippen LogP contribution < -0.4 is 0 Å². The van der Waals surface area contributed by atoms with Crippen LogP contribution in [0.25, 0.3) is 0 Å². The Bertz CT molecular complexity index is 141. The van der Waals surface area contributed by atoms with Gasteiger partial charge in [0, 0.05) is 0 Å². The lowest BCUT2D eigenvalue weighted by molar-refractivity contribution is -0.125. The van der Waals surface area contributed by atoms with Gasteiger partial charge in [-0.1, -0.05) is 24.3 Å². The Morgan fingerprint density at radius 1 is 1.50 bits per heavy atom. The van der Waals surface area contributed by atoms with E-state index in [2.05, 4.69) is 6.58 Å². The fourth-order valence-corrected chi connectivity index (χ4v) is 0.360. The molecule has 0 aromatic rings. The number of hydrogen-bond donors (Lipinski definition) is 0. The molecular formula is C7H9F3. The summed E-state index contributed by atoms with van der Waals surface area (Å²) in [6.45, 7) is 4.91. The van der Waals surface area contributed by atoms with Crippen LogP contribution in [0.2, 0.25) is 0 Å². The molecule has 0 atom stereocenters. The summed E-state index contributed by atoms with van der Waals surface area (Å²) in [5, 5.41) is 0. The minimum Gasteiger partial charge on any atom is -0.171 e. The van der Waals surface area contributed by atoms with E-state index in [0.29, 0.717) is 5.57 Å². The standard InChI is InChI=1S/C7H9F3/c1-3-6(2)4-5-7(8,9)10/h3-4H,1,5H2,2H3/b6-4-. The van der Waals surface area contributed by atoms with Crippen molar-refractivity contribution in [2.45, 2.75) is 19.5 Å². The minimum absolute atomic E-state index is 0.553. The Morgan fingerprint density at radius 2 is 2.00 bits per heavy atom. The lowest BCUT2D eigenvalue weighted by Crippen LogP contribution is -2.04. The lowest BCUT2D eigenvalue weighted by Gasteiger charge is -2.00. The fraction of sp³-hybridized carbons (Fsp3) is 0.429. The molecule has 0 rings (SSSR count). The van der Waals surface area contributed by atoms with Crippen LogP contribution in [0.1, 0.15) is 13.3 Å². The maximum atomic E-state index is 11.5. The van der Waals surface area contributed by atoms with Crippen LogP contribution >= 0.6 is 0 Å². The second-order valence-electron chi connectivity index (χ2n) is 1.97. The van der Waals surface area contributed by atoms with Crippen molar-refractivity contribution in [1.82, 2.24) is 0 Å². The van der Waals surface area contributed by atoms with E-state index in [0.717, 1.165) is 6.08 Å². The third-order valence-electron chi connectivity index (χ3n) is 0.977. The number of hydrogen-bond acceptors (Lipinski definition) is 0. The van der Waals surface area contributed by atoms with Gasteiger partial charge < -0.3 is 0 Å². The Morgan fingerprint density at radius 3 is 2.30 bits per heavy atom. The summed E-state index contributed by atoms with van der Waals surface area (Å²) in [5.41, 5.74) is 0.553. The third-order valence-corrected chi connectivity index (χ3v) is 0.977. The summed E-state index contributed by atoms with van der Waals surface area (Å²) in [6, 6.07) is 0. The van der Waals surface area contributed by atoms with Crippen LogP contribution in [-0.2, 0) is 0 Å². The van der Waals surface area contributed by atoms with Gasteiger partial charge in [-0.2, -0.15) is 13.2 Å². The Hall–Kier alpha value is -0.730. The molecule has 0 N–H and O–H groups in total. The molecule has 0 aromatic carbocycles. The van der Waals surface area contributed by atoms with Gasteiger partial charge >= 0.3 is 6.18 Å². The molecular weight excluding hydrogens is 141 g/mol. The van der Waals surface area contributed by atoms with E-state index in [4.69, 9.17) is 0 Å². The van der Waals surface area contributed by atoms with Gasteiger partial charge in [-0.15, -0.1) is 0 Å². The zero-order valence-electron chi connectivity index (χ0n) is 5.70. The van der Waals surface area contributed by atoms with E-state index in [1.807, 2.05) is 0 Å². The van der Waals surface area contributed by atoms with Crippen LogP contribution in [0.15, 0.2) is 24.3 Å². The summed E-state index contributed by atoms with van der Waals surface area (Å²) >= 11 is 0. The van der Waals surface area contributed by atoms with Gasteiger partial charge in [0.25, 0.3) is 0 Å². The van der Waals surface area contributed by atoms with Crippen molar-refractivity contribution in [3.05, 3.63) is 24.3 Å². The second-order valence-corrected chi connectivity index (χ2v) is 1.97. The van der Waals surface area contributed by atoms with Gasteiger partial charge in [-0.25, -0.2) is 0 Å². The second kappa shape index (κ2) is 3.44. The smallest absolute Gasteiger partial charge is 0.171 e. The predicted octanol–water partition coefficient (Wildman–Crippen LogP) is 3.07. The highest BCUT2D eigenvalue weighted by Gasteiger charge is 2.24. The zero-order chi connectivity index (χ0) is 8.20. The largest absolute Gasteiger partial charge is 0.392 e. The molecule has 0 aromatic heterocycles. The number of halogens is 3. The van der Waals surface area contributed by atoms with Crippen molar-refractivity contribution in [3.63, 3.8) is 0 Å². The molecule has 3 heteroatoms. The van der Waals surface area contributed by atoms with Gasteiger partial charge in [0.15, 0.2) is 0 Å². The van der Waals surface area contributed by atoms with Crippen LogP contribution in [0.3, 0.4) is 0 Å². The molecule has 0 fully saturated rings. The summed E-state index contributed by atoms with van der Waals surface area (Å²) in [4.78, 5) is 0. The normalized spacial score (nSPS) is 13.4. The van der Waals surface area contributed by atoms with Gasteiger partial charge in [0.2, 0.25) is 0 Å². The molecule has 0 aliphatic heterocycles. The summed E-state index contributed by atoms with van der Waals surface area (Å²) in [7, 11) is 0. The lowest BCUT2D eigenvalue weighted by atomic mass is 10.2. The molecule has 0 saturated carbocycles. The first-order valence-electron chi connectivity index (χ1n) is 2.81. The fourth-order valence-electron chi connectivity index (χ4n) is 0.360. The van der Waals surface area contributed by atoms with Crippen molar-refractivity contribution < 1.29 is 13.2 Å². The van der Waals surface area contributed by atoms with Crippen LogP contribution in [-0.4, -0.2) is 6.18 Å². The highest BCUT2D eigenvalue weighted by Crippen LogP contribution is 2.20. The first-order valence-corrected chi connectivity index (χ1v) is 2.81. The van der Waals surface area contributed by atoms with Crippen molar-refractivity contribution in [2.24, 2.45) is 0 Å². The van der Waals surface area contributed by atoms with Crippen LogP contribution in [0.4, 0.5) is 13.2 Å². The average Bonchev–Trinajstić information content (AvgIpc) is 1.81. The number of rotatable bonds is 2. The molecule has 0 unspecified atom stereocenters. The third kappa shape index (κ3) is 5.41. The van der Waals surface area contributed by atoms with E-state index in [-0.39, 0.29) is 0 Å². The van der Waals surface area contributed by atoms with E-state index < -0.39 is 12.6 Å². The quantitative estimate of drug-likeness (QED) is 0.530. The maximum Gasteiger partial charge on any atom is 0.392 e. The molecule has 0 amide bonds. The van der Waals surface area contributed by atoms with E-state index in [9.17, 15) is 13.2 Å². The highest BCUT2D eigenvalue weighted by atomic mass is 19.4. The van der Waals surface area contributed by atoms with E-state index in [1.54, 1.807) is 6.92 Å².